The Morgan fingerprint density at radius 2 is 1.91 bits per heavy atom. The third-order valence-corrected chi connectivity index (χ3v) is 4.65. The van der Waals surface area contributed by atoms with Crippen LogP contribution in [0.25, 0.3) is 0 Å². The van der Waals surface area contributed by atoms with E-state index in [2.05, 4.69) is 5.32 Å². The Morgan fingerprint density at radius 1 is 1.22 bits per heavy atom. The number of nitriles is 1. The minimum absolute atomic E-state index is 0.0751. The van der Waals surface area contributed by atoms with Gasteiger partial charge in [-0.05, 0) is 42.8 Å². The maximum absolute atomic E-state index is 12.4. The standard InChI is InChI=1S/C16H13ClN2O3S/c1-10-3-6-13(23(2,21)22)8-14(10)16(20)19-12-5-4-11(9-18)15(17)7-12/h3-8H,1-2H3,(H,19,20). The highest BCUT2D eigenvalue weighted by Gasteiger charge is 2.15. The Bertz CT molecular complexity index is 931. The second kappa shape index (κ2) is 6.41. The number of hydrogen-bond donors (Lipinski definition) is 1. The monoisotopic (exact) mass is 348 g/mol. The van der Waals surface area contributed by atoms with Gasteiger partial charge in [-0.3, -0.25) is 4.79 Å². The summed E-state index contributed by atoms with van der Waals surface area (Å²) in [6.45, 7) is 1.72. The van der Waals surface area contributed by atoms with Gasteiger partial charge < -0.3 is 5.32 Å². The second-order valence-corrected chi connectivity index (χ2v) is 7.43. The van der Waals surface area contributed by atoms with E-state index in [1.54, 1.807) is 19.1 Å². The molecule has 23 heavy (non-hydrogen) atoms. The third-order valence-electron chi connectivity index (χ3n) is 3.23. The molecule has 0 radical (unpaired) electrons. The van der Waals surface area contributed by atoms with Crippen molar-refractivity contribution >= 4 is 33.0 Å². The molecule has 2 aromatic carbocycles. The topological polar surface area (TPSA) is 87.0 Å². The Kier molecular flexibility index (Phi) is 4.73. The highest BCUT2D eigenvalue weighted by molar-refractivity contribution is 7.90. The maximum atomic E-state index is 12.4. The summed E-state index contributed by atoms with van der Waals surface area (Å²) in [5.41, 5.74) is 1.63. The van der Waals surface area contributed by atoms with Gasteiger partial charge in [0.25, 0.3) is 5.91 Å². The molecule has 0 aliphatic carbocycles. The van der Waals surface area contributed by atoms with E-state index in [1.807, 2.05) is 6.07 Å². The van der Waals surface area contributed by atoms with Crippen molar-refractivity contribution in [1.29, 1.82) is 5.26 Å². The van der Waals surface area contributed by atoms with Gasteiger partial charge in [-0.15, -0.1) is 0 Å². The van der Waals surface area contributed by atoms with Gasteiger partial charge in [-0.1, -0.05) is 17.7 Å². The number of nitrogens with zero attached hydrogens (tertiary/aromatic N) is 1. The van der Waals surface area contributed by atoms with E-state index in [-0.39, 0.29) is 15.5 Å². The summed E-state index contributed by atoms with van der Waals surface area (Å²) in [7, 11) is -3.40. The van der Waals surface area contributed by atoms with Gasteiger partial charge >= 0.3 is 0 Å². The van der Waals surface area contributed by atoms with Crippen LogP contribution in [0.1, 0.15) is 21.5 Å². The summed E-state index contributed by atoms with van der Waals surface area (Å²) in [5, 5.41) is 11.7. The van der Waals surface area contributed by atoms with E-state index in [0.29, 0.717) is 16.8 Å². The van der Waals surface area contributed by atoms with Crippen LogP contribution in [0.2, 0.25) is 5.02 Å². The maximum Gasteiger partial charge on any atom is 0.255 e. The molecule has 0 unspecified atom stereocenters. The first-order valence-electron chi connectivity index (χ1n) is 6.54. The van der Waals surface area contributed by atoms with E-state index >= 15 is 0 Å². The fourth-order valence-electron chi connectivity index (χ4n) is 1.96. The number of aryl methyl sites for hydroxylation is 1. The Morgan fingerprint density at radius 3 is 2.48 bits per heavy atom. The zero-order chi connectivity index (χ0) is 17.2. The Balaban J connectivity index is 2.35. The van der Waals surface area contributed by atoms with Crippen molar-refractivity contribution in [3.63, 3.8) is 0 Å². The van der Waals surface area contributed by atoms with Gasteiger partial charge in [-0.2, -0.15) is 5.26 Å². The van der Waals surface area contributed by atoms with Crippen LogP contribution in [-0.4, -0.2) is 20.6 Å². The quantitative estimate of drug-likeness (QED) is 0.922. The molecule has 0 aromatic heterocycles. The van der Waals surface area contributed by atoms with Crippen molar-refractivity contribution in [2.75, 3.05) is 11.6 Å². The lowest BCUT2D eigenvalue weighted by molar-refractivity contribution is 0.102. The zero-order valence-corrected chi connectivity index (χ0v) is 14.0. The van der Waals surface area contributed by atoms with Crippen LogP contribution in [-0.2, 0) is 9.84 Å². The van der Waals surface area contributed by atoms with Gasteiger partial charge in [0.15, 0.2) is 9.84 Å². The van der Waals surface area contributed by atoms with Crippen LogP contribution in [0.5, 0.6) is 0 Å². The van der Waals surface area contributed by atoms with Crippen LogP contribution in [0.3, 0.4) is 0 Å². The Hall–Kier alpha value is -2.36. The average molecular weight is 349 g/mol. The molecule has 0 saturated heterocycles. The summed E-state index contributed by atoms with van der Waals surface area (Å²) in [5.74, 6) is -0.450. The SMILES string of the molecule is Cc1ccc(S(C)(=O)=O)cc1C(=O)Nc1ccc(C#N)c(Cl)c1. The molecule has 0 saturated carbocycles. The minimum atomic E-state index is -3.40. The highest BCUT2D eigenvalue weighted by atomic mass is 35.5. The van der Waals surface area contributed by atoms with Gasteiger partial charge in [-0.25, -0.2) is 8.42 Å². The molecular formula is C16H13ClN2O3S. The number of anilines is 1. The molecule has 7 heteroatoms. The molecule has 118 valence electrons. The molecule has 0 bridgehead atoms. The molecule has 0 aliphatic heterocycles. The summed E-state index contributed by atoms with van der Waals surface area (Å²) in [6, 6.07) is 10.8. The molecule has 0 heterocycles. The van der Waals surface area contributed by atoms with Crippen molar-refractivity contribution in [2.45, 2.75) is 11.8 Å². The van der Waals surface area contributed by atoms with Crippen LogP contribution in [0, 0.1) is 18.3 Å². The molecule has 1 amide bonds. The third kappa shape index (κ3) is 3.89. The summed E-state index contributed by atoms with van der Waals surface area (Å²) < 4.78 is 23.2. The molecule has 2 rings (SSSR count). The van der Waals surface area contributed by atoms with Gasteiger partial charge in [0.05, 0.1) is 15.5 Å². The van der Waals surface area contributed by atoms with Crippen molar-refractivity contribution in [1.82, 2.24) is 0 Å². The number of halogens is 1. The number of sulfone groups is 1. The first kappa shape index (κ1) is 17.0. The first-order chi connectivity index (χ1) is 10.7. The second-order valence-electron chi connectivity index (χ2n) is 5.01. The largest absolute Gasteiger partial charge is 0.322 e. The molecule has 2 aromatic rings. The summed E-state index contributed by atoms with van der Waals surface area (Å²) in [4.78, 5) is 12.4. The fourth-order valence-corrected chi connectivity index (χ4v) is 2.83. The van der Waals surface area contributed by atoms with Crippen LogP contribution < -0.4 is 5.32 Å². The number of amides is 1. The minimum Gasteiger partial charge on any atom is -0.322 e. The zero-order valence-electron chi connectivity index (χ0n) is 12.4. The van der Waals surface area contributed by atoms with Crippen LogP contribution in [0.4, 0.5) is 5.69 Å². The van der Waals surface area contributed by atoms with Gasteiger partial charge in [0.2, 0.25) is 0 Å². The summed E-state index contributed by atoms with van der Waals surface area (Å²) >= 11 is 5.92. The van der Waals surface area contributed by atoms with Crippen molar-refractivity contribution in [2.24, 2.45) is 0 Å². The lowest BCUT2D eigenvalue weighted by atomic mass is 10.1. The molecule has 0 aliphatic rings. The highest BCUT2D eigenvalue weighted by Crippen LogP contribution is 2.22. The average Bonchev–Trinajstić information content (AvgIpc) is 2.46. The van der Waals surface area contributed by atoms with Gasteiger partial charge in [0, 0.05) is 17.5 Å². The van der Waals surface area contributed by atoms with Gasteiger partial charge in [0.1, 0.15) is 6.07 Å². The molecular weight excluding hydrogens is 336 g/mol. The molecule has 0 spiro atoms. The normalized spacial score (nSPS) is 10.9. The Labute approximate surface area is 139 Å². The molecule has 0 atom stereocenters. The number of rotatable bonds is 3. The van der Waals surface area contributed by atoms with E-state index < -0.39 is 15.7 Å². The molecule has 5 nitrogen and oxygen atoms in total. The van der Waals surface area contributed by atoms with Crippen molar-refractivity contribution in [3.8, 4) is 6.07 Å². The van der Waals surface area contributed by atoms with Crippen molar-refractivity contribution in [3.05, 3.63) is 58.1 Å². The predicted molar refractivity (Wildman–Crippen MR) is 88.4 cm³/mol. The fraction of sp³-hybridized carbons (Fsp3) is 0.125. The number of benzene rings is 2. The molecule has 1 N–H and O–H groups in total. The van der Waals surface area contributed by atoms with E-state index in [0.717, 1.165) is 6.26 Å². The number of carbonyl (C=O) groups is 1. The van der Waals surface area contributed by atoms with Crippen LogP contribution in [0.15, 0.2) is 41.3 Å². The summed E-state index contributed by atoms with van der Waals surface area (Å²) in [6.07, 6.45) is 1.08. The number of nitrogens with one attached hydrogen (secondary N) is 1. The lowest BCUT2D eigenvalue weighted by Crippen LogP contribution is -2.14. The predicted octanol–water partition coefficient (Wildman–Crippen LogP) is 3.18. The van der Waals surface area contributed by atoms with E-state index in [9.17, 15) is 13.2 Å². The van der Waals surface area contributed by atoms with E-state index in [4.69, 9.17) is 16.9 Å². The van der Waals surface area contributed by atoms with Crippen LogP contribution >= 0.6 is 11.6 Å². The number of hydrogen-bond acceptors (Lipinski definition) is 4. The van der Waals surface area contributed by atoms with Crippen molar-refractivity contribution < 1.29 is 13.2 Å². The number of carbonyl (C=O) groups excluding carboxylic acids is 1. The molecule has 0 fully saturated rings. The van der Waals surface area contributed by atoms with E-state index in [1.165, 1.54) is 24.3 Å². The first-order valence-corrected chi connectivity index (χ1v) is 8.81. The smallest absolute Gasteiger partial charge is 0.255 e. The lowest BCUT2D eigenvalue weighted by Gasteiger charge is -2.10.